The van der Waals surface area contributed by atoms with Crippen LogP contribution in [0.4, 0.5) is 0 Å². The first-order valence-electron chi connectivity index (χ1n) is 9.47. The van der Waals surface area contributed by atoms with Gasteiger partial charge in [-0.05, 0) is 6.08 Å². The number of fused-ring (bicyclic) bond motifs is 3. The van der Waals surface area contributed by atoms with Gasteiger partial charge in [0.15, 0.2) is 0 Å². The third-order valence-electron chi connectivity index (χ3n) is 2.81. The monoisotopic (exact) mass is 414 g/mol. The first-order chi connectivity index (χ1) is 13.7. The predicted molar refractivity (Wildman–Crippen MR) is 122 cm³/mol. The minimum absolute atomic E-state index is 0.102. The van der Waals surface area contributed by atoms with E-state index in [1.165, 1.54) is 17.7 Å². The topological polar surface area (TPSA) is 102 Å². The second-order valence-corrected chi connectivity index (χ2v) is 5.21. The Kier molecular flexibility index (Phi) is 21.6. The van der Waals surface area contributed by atoms with Gasteiger partial charge < -0.3 is 20.1 Å². The Bertz CT molecular complexity index is 824. The highest BCUT2D eigenvalue weighted by molar-refractivity contribution is 7.16. The van der Waals surface area contributed by atoms with Gasteiger partial charge in [-0.25, -0.2) is 4.98 Å². The Labute approximate surface area is 172 Å². The number of hydrogen-bond acceptors (Lipinski definition) is 7. The van der Waals surface area contributed by atoms with Crippen LogP contribution in [0.3, 0.4) is 0 Å². The van der Waals surface area contributed by atoms with E-state index in [2.05, 4.69) is 15.0 Å². The summed E-state index contributed by atoms with van der Waals surface area (Å²) in [6.07, 6.45) is 5.49. The van der Waals surface area contributed by atoms with Crippen molar-refractivity contribution >= 4 is 27.3 Å². The van der Waals surface area contributed by atoms with Crippen molar-refractivity contribution in [3.63, 3.8) is 0 Å². The zero-order valence-corrected chi connectivity index (χ0v) is 19.8. The number of rotatable bonds is 1. The normalized spacial score (nSPS) is 10.2. The molecule has 3 heterocycles. The lowest BCUT2D eigenvalue weighted by atomic mass is 10.2. The highest BCUT2D eigenvalue weighted by Gasteiger charge is 2.12. The summed E-state index contributed by atoms with van der Waals surface area (Å²) in [5.41, 5.74) is 1.67. The fourth-order valence-electron chi connectivity index (χ4n) is 2.01. The molecule has 0 saturated heterocycles. The average molecular weight is 415 g/mol. The quantitative estimate of drug-likeness (QED) is 0.664. The number of aromatic nitrogens is 2. The Balaban J connectivity index is -0.000000548. The van der Waals surface area contributed by atoms with Crippen LogP contribution in [0.5, 0.6) is 0 Å². The van der Waals surface area contributed by atoms with Crippen LogP contribution in [0, 0.1) is 0 Å². The molecule has 0 saturated carbocycles. The lowest BCUT2D eigenvalue weighted by Crippen LogP contribution is -2.27. The maximum absolute atomic E-state index is 11.8. The maximum atomic E-state index is 11.8. The number of aliphatic hydroxyl groups is 2. The molecular formula is C20H38N4O3S. The molecule has 3 rings (SSSR count). The molecule has 0 bridgehead atoms. The number of hydrogen-bond donors (Lipinski definition) is 3. The fraction of sp³-hybridized carbons (Fsp3) is 0.550. The van der Waals surface area contributed by atoms with Gasteiger partial charge in [-0.15, -0.1) is 11.3 Å². The van der Waals surface area contributed by atoms with Crippen molar-refractivity contribution in [3.05, 3.63) is 38.7 Å². The molecule has 7 nitrogen and oxygen atoms in total. The zero-order valence-electron chi connectivity index (χ0n) is 19.0. The van der Waals surface area contributed by atoms with Gasteiger partial charge in [0.2, 0.25) is 0 Å². The van der Waals surface area contributed by atoms with E-state index >= 15 is 0 Å². The van der Waals surface area contributed by atoms with Crippen LogP contribution in [0.1, 0.15) is 41.5 Å². The Hall–Kier alpha value is -2.03. The third kappa shape index (κ3) is 8.33. The molecule has 0 aromatic carbocycles. The average Bonchev–Trinajstić information content (AvgIpc) is 3.01. The van der Waals surface area contributed by atoms with Crippen LogP contribution in [-0.4, -0.2) is 59.9 Å². The van der Waals surface area contributed by atoms with E-state index in [1.807, 2.05) is 72.7 Å². The van der Waals surface area contributed by atoms with Crippen LogP contribution in [-0.2, 0) is 0 Å². The summed E-state index contributed by atoms with van der Waals surface area (Å²) in [5, 5.41) is 15.0. The van der Waals surface area contributed by atoms with Gasteiger partial charge in [-0.1, -0.05) is 47.6 Å². The number of likely N-dealkylation sites (N-methyl/N-ethyl adjacent to an activating group) is 1. The van der Waals surface area contributed by atoms with Gasteiger partial charge in [-0.2, -0.15) is 0 Å². The predicted octanol–water partition coefficient (Wildman–Crippen LogP) is 2.14. The van der Waals surface area contributed by atoms with Crippen molar-refractivity contribution in [1.29, 1.82) is 0 Å². The van der Waals surface area contributed by atoms with E-state index in [9.17, 15) is 4.79 Å². The molecule has 0 radical (unpaired) electrons. The van der Waals surface area contributed by atoms with Crippen LogP contribution >= 0.6 is 11.3 Å². The van der Waals surface area contributed by atoms with E-state index in [0.29, 0.717) is 11.2 Å². The van der Waals surface area contributed by atoms with Gasteiger partial charge >= 0.3 is 0 Å². The smallest absolute Gasteiger partial charge is 0.268 e. The fourth-order valence-corrected chi connectivity index (χ4v) is 3.05. The van der Waals surface area contributed by atoms with Crippen molar-refractivity contribution in [1.82, 2.24) is 14.9 Å². The summed E-state index contributed by atoms with van der Waals surface area (Å²) >= 11 is 1.40. The molecule has 1 aliphatic rings. The number of nitrogens with one attached hydrogen (secondary N) is 1. The van der Waals surface area contributed by atoms with Gasteiger partial charge in [0, 0.05) is 34.0 Å². The molecule has 3 N–H and O–H groups in total. The number of nitrogens with zero attached hydrogens (tertiary/aromatic N) is 3. The lowest BCUT2D eigenvalue weighted by Gasteiger charge is -2.12. The number of aliphatic hydroxyl groups excluding tert-OH is 2. The number of H-pyrrole nitrogens is 1. The molecule has 0 atom stereocenters. The summed E-state index contributed by atoms with van der Waals surface area (Å²) in [6.45, 7) is 12.6. The van der Waals surface area contributed by atoms with Crippen molar-refractivity contribution < 1.29 is 10.2 Å². The molecule has 0 fully saturated rings. The Morgan fingerprint density at radius 3 is 2.07 bits per heavy atom. The molecule has 0 amide bonds. The first kappa shape index (κ1) is 30.7. The van der Waals surface area contributed by atoms with Crippen molar-refractivity contribution in [2.45, 2.75) is 41.5 Å². The van der Waals surface area contributed by atoms with Gasteiger partial charge in [0.25, 0.3) is 5.56 Å². The molecule has 8 heteroatoms. The van der Waals surface area contributed by atoms with Crippen LogP contribution < -0.4 is 15.4 Å². The number of thiophene rings is 1. The maximum Gasteiger partial charge on any atom is 0.268 e. The number of aromatic amines is 1. The van der Waals surface area contributed by atoms with Crippen LogP contribution in [0.2, 0.25) is 0 Å². The molecule has 0 unspecified atom stereocenters. The summed E-state index contributed by atoms with van der Waals surface area (Å²) in [6, 6.07) is 0. The summed E-state index contributed by atoms with van der Waals surface area (Å²) < 4.78 is 1.52. The van der Waals surface area contributed by atoms with Crippen molar-refractivity contribution in [2.75, 3.05) is 34.9 Å². The molecule has 1 aliphatic heterocycles. The molecule has 28 heavy (non-hydrogen) atoms. The summed E-state index contributed by atoms with van der Waals surface area (Å²) in [5.74, 6) is 0. The summed E-state index contributed by atoms with van der Waals surface area (Å²) in [7, 11) is 5.96. The van der Waals surface area contributed by atoms with E-state index in [0.717, 1.165) is 35.3 Å². The zero-order chi connectivity index (χ0) is 22.7. The summed E-state index contributed by atoms with van der Waals surface area (Å²) in [4.78, 5) is 25.2. The van der Waals surface area contributed by atoms with Crippen molar-refractivity contribution in [3.8, 4) is 0 Å². The van der Waals surface area contributed by atoms with E-state index in [4.69, 9.17) is 10.2 Å². The molecular weight excluding hydrogens is 376 g/mol. The van der Waals surface area contributed by atoms with Crippen molar-refractivity contribution in [2.24, 2.45) is 4.99 Å². The minimum atomic E-state index is -0.102. The van der Waals surface area contributed by atoms with E-state index in [-0.39, 0.29) is 5.56 Å². The largest absolute Gasteiger partial charge is 0.400 e. The highest BCUT2D eigenvalue weighted by atomic mass is 32.1. The second kappa shape index (κ2) is 19.7. The van der Waals surface area contributed by atoms with E-state index in [1.54, 1.807) is 0 Å². The minimum Gasteiger partial charge on any atom is -0.400 e. The third-order valence-corrected chi connectivity index (χ3v) is 3.92. The standard InChI is InChI=1S/C12H12N4OS.3C2H6.2CH4O/c1-16(2)7-4-3-5-13-12-8(7)9-10(18-12)11(17)15-6-14-9;5*1-2/h3-4,6H,5H2,1-2H3,(H,14,15,17);3*1-2H3;2*2H,1H3. The Morgan fingerprint density at radius 2 is 1.57 bits per heavy atom. The lowest BCUT2D eigenvalue weighted by molar-refractivity contribution is 0.399. The molecule has 2 aromatic heterocycles. The first-order valence-corrected chi connectivity index (χ1v) is 10.3. The molecule has 0 aliphatic carbocycles. The SMILES string of the molecule is CC.CC.CC.CN(C)C1=c2c(sc3c(=O)[nH]cnc23)=NCC=C1.CO.CO. The Morgan fingerprint density at radius 1 is 1.04 bits per heavy atom. The van der Waals surface area contributed by atoms with Crippen LogP contribution in [0.15, 0.2) is 28.3 Å². The molecule has 162 valence electrons. The molecule has 0 spiro atoms. The van der Waals surface area contributed by atoms with E-state index < -0.39 is 0 Å². The van der Waals surface area contributed by atoms with Gasteiger partial charge in [0.1, 0.15) is 9.37 Å². The van der Waals surface area contributed by atoms with Gasteiger partial charge in [0.05, 0.1) is 23.6 Å². The van der Waals surface area contributed by atoms with Crippen LogP contribution in [0.25, 0.3) is 15.9 Å². The second-order valence-electron chi connectivity index (χ2n) is 4.21. The highest BCUT2D eigenvalue weighted by Crippen LogP contribution is 2.09. The van der Waals surface area contributed by atoms with Gasteiger partial charge in [-0.3, -0.25) is 9.79 Å². The molecule has 2 aromatic rings.